The summed E-state index contributed by atoms with van der Waals surface area (Å²) in [5, 5.41) is 8.16. The lowest BCUT2D eigenvalue weighted by Crippen LogP contribution is -1.64. The molecule has 0 saturated heterocycles. The first kappa shape index (κ1) is 8.22. The molecule has 58 valence electrons. The van der Waals surface area contributed by atoms with Gasteiger partial charge in [0.1, 0.15) is 0 Å². The van der Waals surface area contributed by atoms with E-state index in [2.05, 4.69) is 4.99 Å². The van der Waals surface area contributed by atoms with Gasteiger partial charge in [0, 0.05) is 12.3 Å². The van der Waals surface area contributed by atoms with Crippen molar-refractivity contribution in [3.63, 3.8) is 0 Å². The van der Waals surface area contributed by atoms with Gasteiger partial charge in [-0.2, -0.15) is 5.26 Å². The Hall–Kier alpha value is -1.88. The molecule has 0 aliphatic rings. The second-order valence-electron chi connectivity index (χ2n) is 2.10. The van der Waals surface area contributed by atoms with E-state index in [4.69, 9.17) is 5.26 Å². The fraction of sp³-hybridized carbons (Fsp3) is 0. The van der Waals surface area contributed by atoms with Crippen LogP contribution in [0.5, 0.6) is 0 Å². The zero-order valence-corrected chi connectivity index (χ0v) is 6.51. The summed E-state index contributed by atoms with van der Waals surface area (Å²) < 4.78 is 0. The number of benzene rings is 1. The summed E-state index contributed by atoms with van der Waals surface area (Å²) in [6, 6.07) is 11.5. The maximum Gasteiger partial charge on any atom is 0.0912 e. The lowest BCUT2D eigenvalue weighted by Gasteiger charge is -1.87. The average molecular weight is 156 g/mol. The molecule has 0 aromatic heterocycles. The molecule has 0 saturated carbocycles. The van der Waals surface area contributed by atoms with E-state index >= 15 is 0 Å². The fourth-order valence-electron chi connectivity index (χ4n) is 0.729. The third-order valence-corrected chi connectivity index (χ3v) is 1.24. The molecular formula is C10H8N2. The highest BCUT2D eigenvalue weighted by atomic mass is 14.7. The van der Waals surface area contributed by atoms with Gasteiger partial charge in [-0.3, -0.25) is 4.99 Å². The lowest BCUT2D eigenvalue weighted by atomic mass is 10.3. The number of para-hydroxylation sites is 1. The van der Waals surface area contributed by atoms with Crippen molar-refractivity contribution in [2.45, 2.75) is 0 Å². The summed E-state index contributed by atoms with van der Waals surface area (Å²) in [4.78, 5) is 4.08. The summed E-state index contributed by atoms with van der Waals surface area (Å²) in [6.45, 7) is 0. The minimum absolute atomic E-state index is 0.889. The van der Waals surface area contributed by atoms with Gasteiger partial charge in [-0.15, -0.1) is 0 Å². The number of aliphatic imine (C=N–C) groups is 1. The first-order valence-electron chi connectivity index (χ1n) is 3.57. The summed E-state index contributed by atoms with van der Waals surface area (Å²) in [6.07, 6.45) is 4.58. The number of allylic oxidation sites excluding steroid dienone is 2. The van der Waals surface area contributed by atoms with E-state index in [1.54, 1.807) is 12.3 Å². The summed E-state index contributed by atoms with van der Waals surface area (Å²) in [5.41, 5.74) is 0.889. The topological polar surface area (TPSA) is 36.1 Å². The highest BCUT2D eigenvalue weighted by Crippen LogP contribution is 2.07. The van der Waals surface area contributed by atoms with Crippen LogP contribution in [0.4, 0.5) is 5.69 Å². The SMILES string of the molecule is N#C/C=C/C=Nc1ccccc1. The largest absolute Gasteiger partial charge is 0.257 e. The molecule has 0 N–H and O–H groups in total. The van der Waals surface area contributed by atoms with Gasteiger partial charge in [-0.1, -0.05) is 18.2 Å². The van der Waals surface area contributed by atoms with Crippen LogP contribution in [0.1, 0.15) is 0 Å². The van der Waals surface area contributed by atoms with E-state index in [1.165, 1.54) is 6.08 Å². The zero-order valence-electron chi connectivity index (χ0n) is 6.51. The molecule has 0 radical (unpaired) electrons. The zero-order chi connectivity index (χ0) is 8.65. The number of nitriles is 1. The molecule has 1 aromatic carbocycles. The van der Waals surface area contributed by atoms with Gasteiger partial charge in [0.05, 0.1) is 11.8 Å². The van der Waals surface area contributed by atoms with Crippen LogP contribution in [0.25, 0.3) is 0 Å². The van der Waals surface area contributed by atoms with Gasteiger partial charge in [-0.05, 0) is 18.2 Å². The molecule has 0 heterocycles. The van der Waals surface area contributed by atoms with Gasteiger partial charge in [0.25, 0.3) is 0 Å². The Morgan fingerprint density at radius 1 is 1.25 bits per heavy atom. The van der Waals surface area contributed by atoms with Crippen molar-refractivity contribution in [3.8, 4) is 6.07 Å². The van der Waals surface area contributed by atoms with Gasteiger partial charge >= 0.3 is 0 Å². The molecule has 2 nitrogen and oxygen atoms in total. The first-order chi connectivity index (χ1) is 5.93. The van der Waals surface area contributed by atoms with Crippen LogP contribution in [-0.2, 0) is 0 Å². The Morgan fingerprint density at radius 3 is 2.67 bits per heavy atom. The van der Waals surface area contributed by atoms with E-state index in [9.17, 15) is 0 Å². The molecule has 0 spiro atoms. The predicted octanol–water partition coefficient (Wildman–Crippen LogP) is 2.47. The Morgan fingerprint density at radius 2 is 2.00 bits per heavy atom. The quantitative estimate of drug-likeness (QED) is 0.478. The molecule has 0 aliphatic carbocycles. The molecule has 0 amide bonds. The Labute approximate surface area is 71.5 Å². The molecule has 1 aromatic rings. The van der Waals surface area contributed by atoms with Crippen molar-refractivity contribution in [2.75, 3.05) is 0 Å². The minimum atomic E-state index is 0.889. The minimum Gasteiger partial charge on any atom is -0.257 e. The van der Waals surface area contributed by atoms with Crippen LogP contribution in [0, 0.1) is 11.3 Å². The summed E-state index contributed by atoms with van der Waals surface area (Å²) in [5.74, 6) is 0. The normalized spacial score (nSPS) is 10.6. The van der Waals surface area contributed by atoms with E-state index in [-0.39, 0.29) is 0 Å². The third kappa shape index (κ3) is 2.80. The first-order valence-corrected chi connectivity index (χ1v) is 3.57. The predicted molar refractivity (Wildman–Crippen MR) is 49.3 cm³/mol. The van der Waals surface area contributed by atoms with Crippen molar-refractivity contribution < 1.29 is 0 Å². The smallest absolute Gasteiger partial charge is 0.0912 e. The maximum atomic E-state index is 8.16. The average Bonchev–Trinajstić information content (AvgIpc) is 2.14. The Kier molecular flexibility index (Phi) is 3.33. The Bertz CT molecular complexity index is 317. The highest BCUT2D eigenvalue weighted by molar-refractivity contribution is 5.74. The molecule has 1 rings (SSSR count). The third-order valence-electron chi connectivity index (χ3n) is 1.24. The van der Waals surface area contributed by atoms with Crippen LogP contribution in [0.3, 0.4) is 0 Å². The molecule has 0 atom stereocenters. The summed E-state index contributed by atoms with van der Waals surface area (Å²) >= 11 is 0. The van der Waals surface area contributed by atoms with E-state index in [1.807, 2.05) is 36.4 Å². The number of hydrogen-bond acceptors (Lipinski definition) is 2. The van der Waals surface area contributed by atoms with Crippen molar-refractivity contribution in [3.05, 3.63) is 42.5 Å². The second-order valence-corrected chi connectivity index (χ2v) is 2.10. The number of rotatable bonds is 2. The molecule has 0 aliphatic heterocycles. The van der Waals surface area contributed by atoms with E-state index < -0.39 is 0 Å². The highest BCUT2D eigenvalue weighted by Gasteiger charge is 1.79. The summed E-state index contributed by atoms with van der Waals surface area (Å²) in [7, 11) is 0. The number of nitrogens with zero attached hydrogens (tertiary/aromatic N) is 2. The Balaban J connectivity index is 2.59. The van der Waals surface area contributed by atoms with Crippen molar-refractivity contribution in [1.29, 1.82) is 5.26 Å². The van der Waals surface area contributed by atoms with Crippen LogP contribution < -0.4 is 0 Å². The van der Waals surface area contributed by atoms with Crippen LogP contribution in [0.15, 0.2) is 47.5 Å². The van der Waals surface area contributed by atoms with E-state index in [0.29, 0.717) is 0 Å². The molecular weight excluding hydrogens is 148 g/mol. The van der Waals surface area contributed by atoms with Gasteiger partial charge in [0.15, 0.2) is 0 Å². The monoisotopic (exact) mass is 156 g/mol. The fourth-order valence-corrected chi connectivity index (χ4v) is 0.729. The lowest BCUT2D eigenvalue weighted by molar-refractivity contribution is 1.53. The number of hydrogen-bond donors (Lipinski definition) is 0. The van der Waals surface area contributed by atoms with Crippen LogP contribution >= 0.6 is 0 Å². The van der Waals surface area contributed by atoms with Crippen LogP contribution in [0.2, 0.25) is 0 Å². The molecule has 12 heavy (non-hydrogen) atoms. The van der Waals surface area contributed by atoms with Gasteiger partial charge < -0.3 is 0 Å². The maximum absolute atomic E-state index is 8.16. The van der Waals surface area contributed by atoms with Crippen LogP contribution in [-0.4, -0.2) is 6.21 Å². The molecule has 0 bridgehead atoms. The van der Waals surface area contributed by atoms with Crippen molar-refractivity contribution in [1.82, 2.24) is 0 Å². The van der Waals surface area contributed by atoms with Gasteiger partial charge in [0.2, 0.25) is 0 Å². The van der Waals surface area contributed by atoms with Crippen molar-refractivity contribution in [2.24, 2.45) is 4.99 Å². The van der Waals surface area contributed by atoms with Crippen molar-refractivity contribution >= 4 is 11.9 Å². The molecule has 0 fully saturated rings. The van der Waals surface area contributed by atoms with Gasteiger partial charge in [-0.25, -0.2) is 0 Å². The molecule has 2 heteroatoms. The second kappa shape index (κ2) is 4.86. The standard InChI is InChI=1S/C10H8N2/c11-8-4-5-9-12-10-6-2-1-3-7-10/h1-7,9H/b5-4+,12-9?. The van der Waals surface area contributed by atoms with E-state index in [0.717, 1.165) is 5.69 Å². The molecule has 0 unspecified atom stereocenters.